The molecule has 116 valence electrons. The Balaban J connectivity index is 1.99. The standard InChI is InChI=1S/C18H22N2O2/c1-3-14(2)18(22)19-16-10-7-13-20(16)17(21)12-11-15-8-5-4-6-9-15/h3-6,8-9,11-12,16H,7,10,13H2,1-2H3,(H,19,22)/t16-/m1/s1. The van der Waals surface area contributed by atoms with Gasteiger partial charge in [-0.15, -0.1) is 0 Å². The van der Waals surface area contributed by atoms with Crippen LogP contribution in [0.3, 0.4) is 0 Å². The first kappa shape index (κ1) is 16.0. The van der Waals surface area contributed by atoms with Crippen LogP contribution in [0.5, 0.6) is 0 Å². The highest BCUT2D eigenvalue weighted by Gasteiger charge is 2.28. The van der Waals surface area contributed by atoms with Gasteiger partial charge in [-0.1, -0.05) is 36.4 Å². The topological polar surface area (TPSA) is 49.4 Å². The zero-order valence-electron chi connectivity index (χ0n) is 13.1. The van der Waals surface area contributed by atoms with Crippen LogP contribution >= 0.6 is 0 Å². The number of hydrogen-bond donors (Lipinski definition) is 1. The van der Waals surface area contributed by atoms with Gasteiger partial charge in [0.1, 0.15) is 6.17 Å². The summed E-state index contributed by atoms with van der Waals surface area (Å²) < 4.78 is 0. The Hall–Kier alpha value is -2.36. The van der Waals surface area contributed by atoms with Crippen molar-refractivity contribution in [2.45, 2.75) is 32.9 Å². The van der Waals surface area contributed by atoms with E-state index in [1.165, 1.54) is 0 Å². The van der Waals surface area contributed by atoms with E-state index in [4.69, 9.17) is 0 Å². The van der Waals surface area contributed by atoms with E-state index < -0.39 is 0 Å². The van der Waals surface area contributed by atoms with Gasteiger partial charge < -0.3 is 10.2 Å². The average Bonchev–Trinajstić information content (AvgIpc) is 3.00. The normalized spacial score (nSPS) is 18.7. The van der Waals surface area contributed by atoms with Crippen LogP contribution in [0.2, 0.25) is 0 Å². The number of likely N-dealkylation sites (tertiary alicyclic amines) is 1. The van der Waals surface area contributed by atoms with E-state index in [1.807, 2.05) is 37.3 Å². The predicted molar refractivity (Wildman–Crippen MR) is 87.8 cm³/mol. The van der Waals surface area contributed by atoms with E-state index in [2.05, 4.69) is 5.32 Å². The number of carbonyl (C=O) groups is 2. The minimum absolute atomic E-state index is 0.0650. The van der Waals surface area contributed by atoms with E-state index in [9.17, 15) is 9.59 Å². The molecule has 2 amide bonds. The summed E-state index contributed by atoms with van der Waals surface area (Å²) in [5.74, 6) is -0.177. The van der Waals surface area contributed by atoms with Gasteiger partial charge in [-0.05, 0) is 38.3 Å². The SMILES string of the molecule is CC=C(C)C(=O)N[C@H]1CCCN1C(=O)C=Cc1ccccc1. The molecule has 1 aliphatic heterocycles. The molecule has 1 atom stereocenters. The van der Waals surface area contributed by atoms with E-state index >= 15 is 0 Å². The molecule has 1 heterocycles. The van der Waals surface area contributed by atoms with Gasteiger partial charge in [-0.3, -0.25) is 9.59 Å². The molecule has 1 aromatic rings. The van der Waals surface area contributed by atoms with Crippen LogP contribution in [0.25, 0.3) is 6.08 Å². The van der Waals surface area contributed by atoms with Gasteiger partial charge in [0.15, 0.2) is 0 Å². The molecule has 1 N–H and O–H groups in total. The Morgan fingerprint density at radius 2 is 2.00 bits per heavy atom. The zero-order valence-corrected chi connectivity index (χ0v) is 13.1. The number of rotatable bonds is 4. The maximum atomic E-state index is 12.3. The number of nitrogens with zero attached hydrogens (tertiary/aromatic N) is 1. The van der Waals surface area contributed by atoms with Crippen molar-refractivity contribution in [1.29, 1.82) is 0 Å². The maximum absolute atomic E-state index is 12.3. The summed E-state index contributed by atoms with van der Waals surface area (Å²) >= 11 is 0. The molecular formula is C18H22N2O2. The second-order valence-electron chi connectivity index (χ2n) is 5.38. The predicted octanol–water partition coefficient (Wildman–Crippen LogP) is 2.73. The Bertz CT molecular complexity index is 590. The van der Waals surface area contributed by atoms with E-state index in [1.54, 1.807) is 30.1 Å². The van der Waals surface area contributed by atoms with Crippen molar-refractivity contribution >= 4 is 17.9 Å². The molecule has 4 nitrogen and oxygen atoms in total. The highest BCUT2D eigenvalue weighted by Crippen LogP contribution is 2.16. The Morgan fingerprint density at radius 3 is 2.68 bits per heavy atom. The number of carbonyl (C=O) groups excluding carboxylic acids is 2. The van der Waals surface area contributed by atoms with Crippen molar-refractivity contribution in [3.05, 3.63) is 53.6 Å². The highest BCUT2D eigenvalue weighted by molar-refractivity contribution is 5.95. The van der Waals surface area contributed by atoms with Crippen molar-refractivity contribution in [2.24, 2.45) is 0 Å². The monoisotopic (exact) mass is 298 g/mol. The van der Waals surface area contributed by atoms with Crippen LogP contribution < -0.4 is 5.32 Å². The molecule has 0 unspecified atom stereocenters. The van der Waals surface area contributed by atoms with Gasteiger partial charge in [-0.2, -0.15) is 0 Å². The summed E-state index contributed by atoms with van der Waals surface area (Å²) in [4.78, 5) is 26.0. The Labute approximate surface area is 131 Å². The van der Waals surface area contributed by atoms with Gasteiger partial charge >= 0.3 is 0 Å². The Kier molecular flexibility index (Phi) is 5.53. The Morgan fingerprint density at radius 1 is 1.27 bits per heavy atom. The molecule has 1 aliphatic rings. The second-order valence-corrected chi connectivity index (χ2v) is 5.38. The first-order chi connectivity index (χ1) is 10.6. The van der Waals surface area contributed by atoms with Crippen LogP contribution in [0.4, 0.5) is 0 Å². The van der Waals surface area contributed by atoms with Crippen LogP contribution in [0.15, 0.2) is 48.1 Å². The summed E-state index contributed by atoms with van der Waals surface area (Å²) in [6.45, 7) is 4.28. The van der Waals surface area contributed by atoms with Crippen molar-refractivity contribution in [1.82, 2.24) is 10.2 Å². The fourth-order valence-electron chi connectivity index (χ4n) is 2.40. The largest absolute Gasteiger partial charge is 0.332 e. The smallest absolute Gasteiger partial charge is 0.248 e. The maximum Gasteiger partial charge on any atom is 0.248 e. The minimum atomic E-state index is -0.213. The lowest BCUT2D eigenvalue weighted by Gasteiger charge is -2.24. The molecule has 0 bridgehead atoms. The molecule has 0 saturated carbocycles. The first-order valence-electron chi connectivity index (χ1n) is 7.59. The summed E-state index contributed by atoms with van der Waals surface area (Å²) in [5, 5.41) is 2.92. The van der Waals surface area contributed by atoms with E-state index in [0.717, 1.165) is 18.4 Å². The third-order valence-electron chi connectivity index (χ3n) is 3.84. The van der Waals surface area contributed by atoms with E-state index in [-0.39, 0.29) is 18.0 Å². The molecule has 1 aromatic carbocycles. The molecule has 4 heteroatoms. The fourth-order valence-corrected chi connectivity index (χ4v) is 2.40. The number of hydrogen-bond acceptors (Lipinski definition) is 2. The van der Waals surface area contributed by atoms with Crippen molar-refractivity contribution in [3.63, 3.8) is 0 Å². The zero-order chi connectivity index (χ0) is 15.9. The fraction of sp³-hybridized carbons (Fsp3) is 0.333. The molecule has 0 spiro atoms. The molecule has 1 fully saturated rings. The molecule has 0 aromatic heterocycles. The number of allylic oxidation sites excluding steroid dienone is 1. The minimum Gasteiger partial charge on any atom is -0.332 e. The van der Waals surface area contributed by atoms with Crippen molar-refractivity contribution in [2.75, 3.05) is 6.54 Å². The van der Waals surface area contributed by atoms with Crippen LogP contribution in [0, 0.1) is 0 Å². The quantitative estimate of drug-likeness (QED) is 0.869. The first-order valence-corrected chi connectivity index (χ1v) is 7.59. The average molecular weight is 298 g/mol. The summed E-state index contributed by atoms with van der Waals surface area (Å²) in [5.41, 5.74) is 1.65. The third-order valence-corrected chi connectivity index (χ3v) is 3.84. The molecular weight excluding hydrogens is 276 g/mol. The lowest BCUT2D eigenvalue weighted by atomic mass is 10.2. The summed E-state index contributed by atoms with van der Waals surface area (Å²) in [6, 6.07) is 9.70. The molecule has 0 radical (unpaired) electrons. The van der Waals surface area contributed by atoms with Crippen molar-refractivity contribution < 1.29 is 9.59 Å². The number of amides is 2. The second kappa shape index (κ2) is 7.59. The summed E-state index contributed by atoms with van der Waals surface area (Å²) in [7, 11) is 0. The highest BCUT2D eigenvalue weighted by atomic mass is 16.2. The van der Waals surface area contributed by atoms with Gasteiger partial charge in [0.2, 0.25) is 11.8 Å². The van der Waals surface area contributed by atoms with E-state index in [0.29, 0.717) is 12.1 Å². The van der Waals surface area contributed by atoms with Gasteiger partial charge in [-0.25, -0.2) is 0 Å². The molecule has 1 saturated heterocycles. The molecule has 0 aliphatic carbocycles. The van der Waals surface area contributed by atoms with Gasteiger partial charge in [0, 0.05) is 18.2 Å². The van der Waals surface area contributed by atoms with Gasteiger partial charge in [0.25, 0.3) is 0 Å². The summed E-state index contributed by atoms with van der Waals surface area (Å²) in [6.07, 6.45) is 6.64. The third kappa shape index (κ3) is 4.07. The lowest BCUT2D eigenvalue weighted by molar-refractivity contribution is -0.128. The van der Waals surface area contributed by atoms with Crippen LogP contribution in [-0.4, -0.2) is 29.4 Å². The van der Waals surface area contributed by atoms with Gasteiger partial charge in [0.05, 0.1) is 0 Å². The molecule has 2 rings (SSSR count). The lowest BCUT2D eigenvalue weighted by Crippen LogP contribution is -2.46. The van der Waals surface area contributed by atoms with Crippen molar-refractivity contribution in [3.8, 4) is 0 Å². The molecule has 22 heavy (non-hydrogen) atoms. The van der Waals surface area contributed by atoms with Crippen LogP contribution in [0.1, 0.15) is 32.3 Å². The number of benzene rings is 1. The number of nitrogens with one attached hydrogen (secondary N) is 1. The van der Waals surface area contributed by atoms with Crippen LogP contribution in [-0.2, 0) is 9.59 Å².